The molecule has 212 valence electrons. The Morgan fingerprint density at radius 1 is 1.15 bits per heavy atom. The number of aliphatic hydroxyl groups is 1. The van der Waals surface area contributed by atoms with Gasteiger partial charge in [0.25, 0.3) is 0 Å². The van der Waals surface area contributed by atoms with Gasteiger partial charge in [-0.3, -0.25) is 9.69 Å². The van der Waals surface area contributed by atoms with Gasteiger partial charge < -0.3 is 24.2 Å². The Bertz CT molecular complexity index is 1380. The van der Waals surface area contributed by atoms with Gasteiger partial charge in [0.05, 0.1) is 18.7 Å². The van der Waals surface area contributed by atoms with Gasteiger partial charge >= 0.3 is 11.9 Å². The Morgan fingerprint density at radius 2 is 1.90 bits per heavy atom. The van der Waals surface area contributed by atoms with Crippen LogP contribution in [0.3, 0.4) is 0 Å². The average Bonchev–Trinajstić information content (AvgIpc) is 3.46. The van der Waals surface area contributed by atoms with Crippen LogP contribution in [0.25, 0.3) is 0 Å². The summed E-state index contributed by atoms with van der Waals surface area (Å²) in [4.78, 5) is 30.4. The first kappa shape index (κ1) is 27.1. The van der Waals surface area contributed by atoms with E-state index < -0.39 is 40.5 Å². The average molecular weight is 567 g/mol. The molecular formula is C31H35ClN2O6. The molecule has 0 aromatic heterocycles. The molecule has 2 aromatic rings. The number of hydrogen-bond donors (Lipinski definition) is 1. The second-order valence-corrected chi connectivity index (χ2v) is 12.0. The maximum Gasteiger partial charge on any atom is 0.338 e. The molecule has 4 aliphatic rings. The molecule has 6 atom stereocenters. The van der Waals surface area contributed by atoms with Crippen LogP contribution in [0.1, 0.15) is 42.6 Å². The maximum atomic E-state index is 13.2. The summed E-state index contributed by atoms with van der Waals surface area (Å²) < 4.78 is 17.6. The van der Waals surface area contributed by atoms with Crippen molar-refractivity contribution in [1.82, 2.24) is 4.90 Å². The zero-order valence-corrected chi connectivity index (χ0v) is 24.0. The lowest BCUT2D eigenvalue weighted by atomic mass is 9.48. The summed E-state index contributed by atoms with van der Waals surface area (Å²) in [6.07, 6.45) is 4.72. The predicted molar refractivity (Wildman–Crippen MR) is 151 cm³/mol. The molecule has 1 N–H and O–H groups in total. The lowest BCUT2D eigenvalue weighted by Crippen LogP contribution is -2.80. The van der Waals surface area contributed by atoms with E-state index in [1.807, 2.05) is 19.2 Å². The number of nitrogens with zero attached hydrogens (tertiary/aromatic N) is 2. The largest absolute Gasteiger partial charge is 0.497 e. The van der Waals surface area contributed by atoms with E-state index in [-0.39, 0.29) is 12.6 Å². The first-order valence-corrected chi connectivity index (χ1v) is 14.2. The van der Waals surface area contributed by atoms with Gasteiger partial charge in [0.1, 0.15) is 18.5 Å². The zero-order chi connectivity index (χ0) is 28.4. The van der Waals surface area contributed by atoms with E-state index in [1.54, 1.807) is 31.4 Å². The molecule has 1 unspecified atom stereocenters. The Labute approximate surface area is 239 Å². The number of esters is 2. The monoisotopic (exact) mass is 566 g/mol. The fourth-order valence-corrected chi connectivity index (χ4v) is 8.59. The van der Waals surface area contributed by atoms with Gasteiger partial charge in [0.15, 0.2) is 5.60 Å². The predicted octanol–water partition coefficient (Wildman–Crippen LogP) is 3.98. The number of rotatable bonds is 6. The fraction of sp³-hybridized carbons (Fsp3) is 0.484. The summed E-state index contributed by atoms with van der Waals surface area (Å²) in [5.74, 6) is -0.355. The van der Waals surface area contributed by atoms with Crippen molar-refractivity contribution in [3.63, 3.8) is 0 Å². The highest BCUT2D eigenvalue weighted by molar-refractivity contribution is 6.30. The van der Waals surface area contributed by atoms with Crippen LogP contribution >= 0.6 is 11.6 Å². The molecule has 2 fully saturated rings. The van der Waals surface area contributed by atoms with Crippen LogP contribution in [-0.4, -0.2) is 79.6 Å². The van der Waals surface area contributed by atoms with E-state index in [2.05, 4.69) is 34.9 Å². The van der Waals surface area contributed by atoms with Crippen LogP contribution in [-0.2, 0) is 19.7 Å². The number of carbonyl (C=O) groups is 2. The number of halogens is 1. The molecule has 3 aliphatic heterocycles. The Hall–Kier alpha value is -3.07. The van der Waals surface area contributed by atoms with Gasteiger partial charge in [-0.1, -0.05) is 36.7 Å². The van der Waals surface area contributed by atoms with E-state index in [0.717, 1.165) is 36.5 Å². The first-order valence-electron chi connectivity index (χ1n) is 13.8. The van der Waals surface area contributed by atoms with Gasteiger partial charge in [-0.05, 0) is 55.3 Å². The molecule has 6 rings (SSSR count). The minimum absolute atomic E-state index is 0.0336. The van der Waals surface area contributed by atoms with E-state index in [4.69, 9.17) is 25.8 Å². The lowest BCUT2D eigenvalue weighted by molar-refractivity contribution is -0.228. The van der Waals surface area contributed by atoms with E-state index >= 15 is 0 Å². The van der Waals surface area contributed by atoms with E-state index in [0.29, 0.717) is 17.0 Å². The molecule has 0 bridgehead atoms. The van der Waals surface area contributed by atoms with Crippen molar-refractivity contribution in [2.24, 2.45) is 5.41 Å². The van der Waals surface area contributed by atoms with E-state index in [1.165, 1.54) is 6.92 Å². The van der Waals surface area contributed by atoms with Crippen molar-refractivity contribution in [3.8, 4) is 5.75 Å². The third-order valence-electron chi connectivity index (χ3n) is 9.73. The highest BCUT2D eigenvalue weighted by Gasteiger charge is 2.78. The fourth-order valence-electron chi connectivity index (χ4n) is 8.46. The summed E-state index contributed by atoms with van der Waals surface area (Å²) in [5, 5.41) is 13.5. The molecule has 9 heteroatoms. The number of likely N-dealkylation sites (N-methyl/N-ethyl adjacent to an activating group) is 1. The van der Waals surface area contributed by atoms with Gasteiger partial charge in [-0.15, -0.1) is 0 Å². The summed E-state index contributed by atoms with van der Waals surface area (Å²) in [6, 6.07) is 11.9. The molecule has 2 aromatic carbocycles. The van der Waals surface area contributed by atoms with E-state index in [9.17, 15) is 14.7 Å². The van der Waals surface area contributed by atoms with Crippen molar-refractivity contribution in [2.75, 3.05) is 38.8 Å². The molecule has 3 heterocycles. The highest BCUT2D eigenvalue weighted by Crippen LogP contribution is 2.67. The molecule has 0 radical (unpaired) electrons. The maximum absolute atomic E-state index is 13.2. The number of ether oxygens (including phenoxy) is 3. The van der Waals surface area contributed by atoms with Crippen LogP contribution in [0.4, 0.5) is 5.69 Å². The summed E-state index contributed by atoms with van der Waals surface area (Å²) >= 11 is 6.01. The van der Waals surface area contributed by atoms with Crippen molar-refractivity contribution >= 4 is 29.2 Å². The summed E-state index contributed by atoms with van der Waals surface area (Å²) in [7, 11) is 3.59. The number of carbonyl (C=O) groups excluding carboxylic acids is 2. The van der Waals surface area contributed by atoms with Crippen LogP contribution in [0.5, 0.6) is 5.75 Å². The number of methoxy groups -OCH3 is 1. The zero-order valence-electron chi connectivity index (χ0n) is 23.2. The van der Waals surface area contributed by atoms with Gasteiger partial charge in [-0.2, -0.15) is 0 Å². The normalized spacial score (nSPS) is 33.6. The van der Waals surface area contributed by atoms with Crippen molar-refractivity contribution in [1.29, 1.82) is 0 Å². The van der Waals surface area contributed by atoms with Crippen LogP contribution in [0.15, 0.2) is 54.6 Å². The molecular weight excluding hydrogens is 532 g/mol. The third-order valence-corrected chi connectivity index (χ3v) is 9.98. The standard InChI is InChI=1S/C31H35ClN2O6/c1-5-29-13-6-15-34-16-14-30(26(29)34)23-12-11-22(38-4)17-24(23)33(3)27(30)31(37,28(29)40-19(2)35)18-39-25(36)20-7-9-21(32)10-8-20/h6-13,17,26-28,37H,5,14-16,18H2,1-4H3/t26?,27-,28-,29-,30-,31+/m1/s1. The number of hydrogen-bond acceptors (Lipinski definition) is 8. The number of benzene rings is 2. The van der Waals surface area contributed by atoms with Crippen LogP contribution in [0, 0.1) is 5.41 Å². The van der Waals surface area contributed by atoms with Crippen LogP contribution < -0.4 is 9.64 Å². The van der Waals surface area contributed by atoms with Crippen LogP contribution in [0.2, 0.25) is 5.02 Å². The minimum Gasteiger partial charge on any atom is -0.497 e. The van der Waals surface area contributed by atoms with Crippen molar-refractivity contribution < 1.29 is 28.9 Å². The van der Waals surface area contributed by atoms with Gasteiger partial charge in [-0.25, -0.2) is 4.79 Å². The Balaban J connectivity index is 1.53. The molecule has 1 spiro atoms. The minimum atomic E-state index is -1.74. The molecule has 0 amide bonds. The summed E-state index contributed by atoms with van der Waals surface area (Å²) in [5.41, 5.74) is -0.542. The SMILES string of the molecule is CC[C@]12C=CCN3CC[C@@]4(c5ccc(OC)cc5N(C)[C@H]4[C@@](O)(COC(=O)c4ccc(Cl)cc4)[C@@H]1OC(C)=O)C32. The quantitative estimate of drug-likeness (QED) is 0.415. The second-order valence-electron chi connectivity index (χ2n) is 11.5. The summed E-state index contributed by atoms with van der Waals surface area (Å²) in [6.45, 7) is 4.70. The third kappa shape index (κ3) is 3.58. The molecule has 1 saturated carbocycles. The molecule has 40 heavy (non-hydrogen) atoms. The first-order chi connectivity index (χ1) is 19.1. The van der Waals surface area contributed by atoms with Crippen molar-refractivity contribution in [3.05, 3.63) is 70.8 Å². The Morgan fingerprint density at radius 3 is 2.58 bits per heavy atom. The molecule has 1 saturated heterocycles. The lowest BCUT2D eigenvalue weighted by Gasteiger charge is -2.64. The van der Waals surface area contributed by atoms with Crippen molar-refractivity contribution in [2.45, 2.75) is 55.9 Å². The molecule has 1 aliphatic carbocycles. The smallest absolute Gasteiger partial charge is 0.338 e. The number of fused-ring (bicyclic) bond motifs is 1. The topological polar surface area (TPSA) is 88.5 Å². The van der Waals surface area contributed by atoms with Gasteiger partial charge in [0, 0.05) is 54.2 Å². The highest BCUT2D eigenvalue weighted by atomic mass is 35.5. The Kier molecular flexibility index (Phi) is 6.44. The second kappa shape index (κ2) is 9.50. The number of anilines is 1. The molecule has 8 nitrogen and oxygen atoms in total. The van der Waals surface area contributed by atoms with Gasteiger partial charge in [0.2, 0.25) is 0 Å².